The van der Waals surface area contributed by atoms with Crippen LogP contribution in [0.25, 0.3) is 0 Å². The van der Waals surface area contributed by atoms with Crippen LogP contribution in [0.5, 0.6) is 5.75 Å². The van der Waals surface area contributed by atoms with Gasteiger partial charge in [0.15, 0.2) is 0 Å². The van der Waals surface area contributed by atoms with E-state index in [0.29, 0.717) is 18.4 Å². The maximum absolute atomic E-state index is 12.8. The van der Waals surface area contributed by atoms with Gasteiger partial charge in [-0.1, -0.05) is 0 Å². The van der Waals surface area contributed by atoms with Crippen LogP contribution < -0.4 is 10.1 Å². The van der Waals surface area contributed by atoms with Crippen molar-refractivity contribution in [1.29, 1.82) is 0 Å². The second-order valence-corrected chi connectivity index (χ2v) is 6.64. The van der Waals surface area contributed by atoms with Crippen LogP contribution in [0.15, 0.2) is 24.3 Å². The van der Waals surface area contributed by atoms with E-state index >= 15 is 0 Å². The Balaban J connectivity index is 1.34. The Labute approximate surface area is 142 Å². The number of halogens is 1. The van der Waals surface area contributed by atoms with E-state index in [4.69, 9.17) is 4.74 Å². The zero-order valence-electron chi connectivity index (χ0n) is 14.2. The number of benzene rings is 1. The molecule has 3 rings (SSSR count). The Morgan fingerprint density at radius 3 is 2.54 bits per heavy atom. The highest BCUT2D eigenvalue weighted by molar-refractivity contribution is 5.81. The van der Waals surface area contributed by atoms with Crippen molar-refractivity contribution in [3.05, 3.63) is 30.1 Å². The molecule has 1 N–H and O–H groups in total. The number of amides is 1. The molecule has 2 fully saturated rings. The summed E-state index contributed by atoms with van der Waals surface area (Å²) in [6.07, 6.45) is 2.25. The maximum Gasteiger partial charge on any atom is 0.237 e. The Bertz CT molecular complexity index is 540. The zero-order valence-corrected chi connectivity index (χ0v) is 14.2. The van der Waals surface area contributed by atoms with E-state index in [1.165, 1.54) is 12.1 Å². The molecule has 1 saturated carbocycles. The monoisotopic (exact) mass is 335 g/mol. The molecule has 1 aromatic carbocycles. The summed E-state index contributed by atoms with van der Waals surface area (Å²) in [6, 6.07) is 6.47. The number of carbonyl (C=O) groups excluding carboxylic acids is 1. The summed E-state index contributed by atoms with van der Waals surface area (Å²) in [6.45, 7) is 7.09. The fourth-order valence-electron chi connectivity index (χ4n) is 2.91. The third-order valence-electron chi connectivity index (χ3n) is 4.75. The summed E-state index contributed by atoms with van der Waals surface area (Å²) in [4.78, 5) is 16.7. The van der Waals surface area contributed by atoms with Gasteiger partial charge in [-0.2, -0.15) is 0 Å². The van der Waals surface area contributed by atoms with Gasteiger partial charge in [0.2, 0.25) is 5.91 Å². The van der Waals surface area contributed by atoms with Crippen LogP contribution in [0, 0.1) is 5.82 Å². The molecule has 2 aliphatic rings. The highest BCUT2D eigenvalue weighted by Gasteiger charge is 2.29. The first kappa shape index (κ1) is 17.2. The molecule has 1 aliphatic carbocycles. The molecule has 1 saturated heterocycles. The summed E-state index contributed by atoms with van der Waals surface area (Å²) in [7, 11) is 0. The molecular weight excluding hydrogens is 309 g/mol. The van der Waals surface area contributed by atoms with E-state index in [0.717, 1.165) is 45.6 Å². The van der Waals surface area contributed by atoms with Gasteiger partial charge in [0.05, 0.1) is 6.04 Å². The second-order valence-electron chi connectivity index (χ2n) is 6.64. The van der Waals surface area contributed by atoms with Crippen molar-refractivity contribution in [2.75, 3.05) is 39.3 Å². The largest absolute Gasteiger partial charge is 0.492 e. The van der Waals surface area contributed by atoms with Crippen LogP contribution in [0.2, 0.25) is 0 Å². The second kappa shape index (κ2) is 7.94. The number of carbonyl (C=O) groups is 1. The van der Waals surface area contributed by atoms with Crippen LogP contribution >= 0.6 is 0 Å². The first-order valence-electron chi connectivity index (χ1n) is 8.77. The number of ether oxygens (including phenoxy) is 1. The Morgan fingerprint density at radius 2 is 1.92 bits per heavy atom. The lowest BCUT2D eigenvalue weighted by molar-refractivity contribution is -0.126. The van der Waals surface area contributed by atoms with Gasteiger partial charge in [0.1, 0.15) is 18.2 Å². The van der Waals surface area contributed by atoms with E-state index in [2.05, 4.69) is 15.1 Å². The molecule has 1 atom stereocenters. The third kappa shape index (κ3) is 4.92. The zero-order chi connectivity index (χ0) is 16.9. The normalized spacial score (nSPS) is 20.6. The highest BCUT2D eigenvalue weighted by Crippen LogP contribution is 2.19. The molecule has 1 heterocycles. The van der Waals surface area contributed by atoms with E-state index in [-0.39, 0.29) is 17.8 Å². The number of hydrogen-bond acceptors (Lipinski definition) is 4. The molecule has 132 valence electrons. The lowest BCUT2D eigenvalue weighted by Crippen LogP contribution is -2.54. The Morgan fingerprint density at radius 1 is 1.25 bits per heavy atom. The van der Waals surface area contributed by atoms with E-state index in [1.54, 1.807) is 12.1 Å². The van der Waals surface area contributed by atoms with Crippen LogP contribution in [0.1, 0.15) is 19.8 Å². The summed E-state index contributed by atoms with van der Waals surface area (Å²) in [5.74, 6) is 0.601. The van der Waals surface area contributed by atoms with Crippen molar-refractivity contribution < 1.29 is 13.9 Å². The Kier molecular flexibility index (Phi) is 5.68. The van der Waals surface area contributed by atoms with Crippen molar-refractivity contribution in [1.82, 2.24) is 15.1 Å². The fraction of sp³-hybridized carbons (Fsp3) is 0.611. The molecular formula is C18H26FN3O2. The minimum atomic E-state index is -0.252. The van der Waals surface area contributed by atoms with Crippen molar-refractivity contribution in [3.63, 3.8) is 0 Å². The fourth-order valence-corrected chi connectivity index (χ4v) is 2.91. The van der Waals surface area contributed by atoms with Crippen molar-refractivity contribution in [3.8, 4) is 5.75 Å². The molecule has 6 heteroatoms. The average Bonchev–Trinajstić information content (AvgIpc) is 3.40. The Hall–Kier alpha value is -1.66. The smallest absolute Gasteiger partial charge is 0.237 e. The van der Waals surface area contributed by atoms with Gasteiger partial charge in [-0.15, -0.1) is 0 Å². The number of piperazine rings is 1. The summed E-state index contributed by atoms with van der Waals surface area (Å²) >= 11 is 0. The van der Waals surface area contributed by atoms with E-state index < -0.39 is 0 Å². The summed E-state index contributed by atoms with van der Waals surface area (Å²) in [5.41, 5.74) is 0. The molecule has 24 heavy (non-hydrogen) atoms. The molecule has 5 nitrogen and oxygen atoms in total. The van der Waals surface area contributed by atoms with Crippen LogP contribution in [-0.2, 0) is 4.79 Å². The van der Waals surface area contributed by atoms with Gasteiger partial charge in [0, 0.05) is 38.8 Å². The van der Waals surface area contributed by atoms with Crippen molar-refractivity contribution in [2.45, 2.75) is 31.8 Å². The average molecular weight is 335 g/mol. The number of nitrogens with zero attached hydrogens (tertiary/aromatic N) is 2. The maximum atomic E-state index is 12.8. The van der Waals surface area contributed by atoms with Gasteiger partial charge in [-0.25, -0.2) is 4.39 Å². The predicted molar refractivity (Wildman–Crippen MR) is 90.5 cm³/mol. The lowest BCUT2D eigenvalue weighted by atomic mass is 10.2. The molecule has 1 aliphatic heterocycles. The molecule has 1 amide bonds. The first-order valence-corrected chi connectivity index (χ1v) is 8.77. The SMILES string of the molecule is C[C@H](C(=O)NC1CC1)N1CCN(CCOc2ccc(F)cc2)CC1. The van der Waals surface area contributed by atoms with Gasteiger partial charge in [-0.3, -0.25) is 14.6 Å². The number of rotatable bonds is 7. The first-order chi connectivity index (χ1) is 11.6. The molecule has 0 bridgehead atoms. The van der Waals surface area contributed by atoms with Crippen molar-refractivity contribution in [2.24, 2.45) is 0 Å². The predicted octanol–water partition coefficient (Wildman–Crippen LogP) is 1.49. The topological polar surface area (TPSA) is 44.8 Å². The van der Waals surface area contributed by atoms with Crippen LogP contribution in [0.4, 0.5) is 4.39 Å². The van der Waals surface area contributed by atoms with E-state index in [9.17, 15) is 9.18 Å². The third-order valence-corrected chi connectivity index (χ3v) is 4.75. The van der Waals surface area contributed by atoms with Gasteiger partial charge < -0.3 is 10.1 Å². The molecule has 1 aromatic rings. The minimum absolute atomic E-state index is 0.0526. The van der Waals surface area contributed by atoms with Gasteiger partial charge >= 0.3 is 0 Å². The van der Waals surface area contributed by atoms with Crippen LogP contribution in [-0.4, -0.2) is 67.1 Å². The quantitative estimate of drug-likeness (QED) is 0.820. The number of hydrogen-bond donors (Lipinski definition) is 1. The van der Waals surface area contributed by atoms with Gasteiger partial charge in [-0.05, 0) is 44.0 Å². The molecule has 0 spiro atoms. The van der Waals surface area contributed by atoms with Crippen LogP contribution in [0.3, 0.4) is 0 Å². The highest BCUT2D eigenvalue weighted by atomic mass is 19.1. The van der Waals surface area contributed by atoms with Gasteiger partial charge in [0.25, 0.3) is 0 Å². The lowest BCUT2D eigenvalue weighted by Gasteiger charge is -2.37. The summed E-state index contributed by atoms with van der Waals surface area (Å²) in [5, 5.41) is 3.08. The minimum Gasteiger partial charge on any atom is -0.492 e. The standard InChI is InChI=1S/C18H26FN3O2/c1-14(18(23)20-16-4-5-16)22-10-8-21(9-11-22)12-13-24-17-6-2-15(19)3-7-17/h2-3,6-7,14,16H,4-5,8-13H2,1H3,(H,20,23)/t14-/m1/s1. The van der Waals surface area contributed by atoms with E-state index in [1.807, 2.05) is 6.92 Å². The molecule has 0 unspecified atom stereocenters. The molecule has 0 aromatic heterocycles. The number of nitrogens with one attached hydrogen (secondary N) is 1. The summed E-state index contributed by atoms with van der Waals surface area (Å²) < 4.78 is 18.5. The molecule has 0 radical (unpaired) electrons. The van der Waals surface area contributed by atoms with Crippen molar-refractivity contribution >= 4 is 5.91 Å².